The van der Waals surface area contributed by atoms with Crippen LogP contribution in [0, 0.1) is 13.8 Å². The minimum atomic E-state index is -0.0858. The quantitative estimate of drug-likeness (QED) is 0.421. The number of ether oxygens (including phenoxy) is 1. The minimum absolute atomic E-state index is 0.0858. The highest BCUT2D eigenvalue weighted by Gasteiger charge is 2.13. The number of rotatable bonds is 7. The molecule has 0 unspecified atom stereocenters. The summed E-state index contributed by atoms with van der Waals surface area (Å²) in [6.45, 7) is 4.44. The van der Waals surface area contributed by atoms with Gasteiger partial charge < -0.3 is 14.6 Å². The molecule has 0 bridgehead atoms. The van der Waals surface area contributed by atoms with Crippen molar-refractivity contribution < 1.29 is 9.53 Å². The van der Waals surface area contributed by atoms with Gasteiger partial charge in [0.05, 0.1) is 5.75 Å². The van der Waals surface area contributed by atoms with Gasteiger partial charge in [-0.2, -0.15) is 0 Å². The summed E-state index contributed by atoms with van der Waals surface area (Å²) in [7, 11) is 1.88. The molecule has 31 heavy (non-hydrogen) atoms. The van der Waals surface area contributed by atoms with Crippen LogP contribution in [0.1, 0.15) is 17.0 Å². The third-order valence-electron chi connectivity index (χ3n) is 5.17. The molecule has 1 amide bonds. The zero-order chi connectivity index (χ0) is 21.8. The second-order valence-corrected chi connectivity index (χ2v) is 8.30. The van der Waals surface area contributed by atoms with Gasteiger partial charge in [0.25, 0.3) is 0 Å². The van der Waals surface area contributed by atoms with Crippen molar-refractivity contribution in [2.45, 2.75) is 25.6 Å². The first-order valence-electron chi connectivity index (χ1n) is 10.00. The molecular weight excluding hydrogens is 408 g/mol. The fraction of sp³-hybridized carbons (Fsp3) is 0.208. The van der Waals surface area contributed by atoms with E-state index in [0.717, 1.165) is 22.2 Å². The topological polar surface area (TPSA) is 69.0 Å². The van der Waals surface area contributed by atoms with Crippen LogP contribution < -0.4 is 10.1 Å². The van der Waals surface area contributed by atoms with Gasteiger partial charge in [0.1, 0.15) is 12.4 Å². The van der Waals surface area contributed by atoms with E-state index in [1.54, 1.807) is 0 Å². The molecule has 0 aliphatic carbocycles. The monoisotopic (exact) mass is 432 g/mol. The predicted molar refractivity (Wildman–Crippen MR) is 125 cm³/mol. The number of hydrogen-bond acceptors (Lipinski definition) is 5. The van der Waals surface area contributed by atoms with Crippen LogP contribution >= 0.6 is 11.8 Å². The van der Waals surface area contributed by atoms with Crippen LogP contribution in [0.25, 0.3) is 10.8 Å². The number of benzene rings is 3. The molecule has 4 aromatic rings. The van der Waals surface area contributed by atoms with Crippen LogP contribution in [0.4, 0.5) is 5.69 Å². The Balaban J connectivity index is 1.35. The highest BCUT2D eigenvalue weighted by molar-refractivity contribution is 7.99. The zero-order valence-electron chi connectivity index (χ0n) is 17.8. The molecule has 3 aromatic carbocycles. The summed E-state index contributed by atoms with van der Waals surface area (Å²) in [4.78, 5) is 12.5. The van der Waals surface area contributed by atoms with E-state index < -0.39 is 0 Å². The van der Waals surface area contributed by atoms with E-state index in [9.17, 15) is 4.79 Å². The van der Waals surface area contributed by atoms with E-state index in [1.807, 2.05) is 72.3 Å². The van der Waals surface area contributed by atoms with Gasteiger partial charge in [0.15, 0.2) is 11.0 Å². The zero-order valence-corrected chi connectivity index (χ0v) is 18.6. The highest BCUT2D eigenvalue weighted by atomic mass is 32.2. The summed E-state index contributed by atoms with van der Waals surface area (Å²) in [5.74, 6) is 1.66. The van der Waals surface area contributed by atoms with Gasteiger partial charge in [-0.25, -0.2) is 0 Å². The van der Waals surface area contributed by atoms with E-state index in [0.29, 0.717) is 17.6 Å². The van der Waals surface area contributed by atoms with Gasteiger partial charge in [-0.05, 0) is 48.6 Å². The van der Waals surface area contributed by atoms with E-state index in [-0.39, 0.29) is 11.7 Å². The molecule has 0 saturated carbocycles. The number of hydrogen-bond donors (Lipinski definition) is 1. The van der Waals surface area contributed by atoms with E-state index in [2.05, 4.69) is 29.4 Å². The van der Waals surface area contributed by atoms with Crippen molar-refractivity contribution >= 4 is 34.1 Å². The molecule has 1 N–H and O–H groups in total. The maximum Gasteiger partial charge on any atom is 0.234 e. The lowest BCUT2D eigenvalue weighted by atomic mass is 10.1. The lowest BCUT2D eigenvalue weighted by Gasteiger charge is -2.09. The third kappa shape index (κ3) is 4.88. The van der Waals surface area contributed by atoms with Crippen molar-refractivity contribution in [1.29, 1.82) is 0 Å². The second-order valence-electron chi connectivity index (χ2n) is 7.36. The Morgan fingerprint density at radius 1 is 1.03 bits per heavy atom. The van der Waals surface area contributed by atoms with Gasteiger partial charge in [-0.15, -0.1) is 10.2 Å². The first-order chi connectivity index (χ1) is 15.0. The normalized spacial score (nSPS) is 10.9. The average Bonchev–Trinajstić information content (AvgIpc) is 3.13. The predicted octanol–water partition coefficient (Wildman–Crippen LogP) is 4.89. The molecule has 6 nitrogen and oxygen atoms in total. The third-order valence-corrected chi connectivity index (χ3v) is 6.19. The molecule has 0 aliphatic rings. The average molecular weight is 433 g/mol. The molecule has 4 rings (SSSR count). The second kappa shape index (κ2) is 9.22. The Kier molecular flexibility index (Phi) is 6.23. The summed E-state index contributed by atoms with van der Waals surface area (Å²) in [5.41, 5.74) is 3.22. The fourth-order valence-corrected chi connectivity index (χ4v) is 3.93. The number of aromatic nitrogens is 3. The van der Waals surface area contributed by atoms with E-state index in [4.69, 9.17) is 4.74 Å². The summed E-state index contributed by atoms with van der Waals surface area (Å²) < 4.78 is 7.71. The minimum Gasteiger partial charge on any atom is -0.486 e. The number of aryl methyl sites for hydroxylation is 2. The Morgan fingerprint density at radius 3 is 2.68 bits per heavy atom. The van der Waals surface area contributed by atoms with Crippen molar-refractivity contribution in [3.8, 4) is 5.75 Å². The Morgan fingerprint density at radius 2 is 1.84 bits per heavy atom. The number of thioether (sulfide) groups is 1. The maximum atomic E-state index is 12.5. The van der Waals surface area contributed by atoms with Crippen LogP contribution in [0.5, 0.6) is 5.75 Å². The number of nitrogens with one attached hydrogen (secondary N) is 1. The molecule has 1 heterocycles. The lowest BCUT2D eigenvalue weighted by molar-refractivity contribution is -0.113. The molecule has 0 saturated heterocycles. The standard InChI is InChI=1S/C24H24N4O2S/c1-16-11-12-19(13-17(16)2)30-14-22-26-27-24(28(22)3)31-15-23(29)25-21-10-6-8-18-7-4-5-9-20(18)21/h4-13H,14-15H2,1-3H3,(H,25,29). The smallest absolute Gasteiger partial charge is 0.234 e. The molecule has 0 fully saturated rings. The summed E-state index contributed by atoms with van der Waals surface area (Å²) in [5, 5.41) is 14.2. The molecule has 0 atom stereocenters. The lowest BCUT2D eigenvalue weighted by Crippen LogP contribution is -2.14. The molecule has 0 spiro atoms. The van der Waals surface area contributed by atoms with Crippen LogP contribution in [0.3, 0.4) is 0 Å². The van der Waals surface area contributed by atoms with Crippen LogP contribution in [-0.4, -0.2) is 26.4 Å². The number of carbonyl (C=O) groups is 1. The first-order valence-corrected chi connectivity index (χ1v) is 11.0. The number of amides is 1. The molecular formula is C24H24N4O2S. The first kappa shape index (κ1) is 20.9. The van der Waals surface area contributed by atoms with Gasteiger partial charge in [0, 0.05) is 18.1 Å². The van der Waals surface area contributed by atoms with Gasteiger partial charge >= 0.3 is 0 Å². The molecule has 0 radical (unpaired) electrons. The van der Waals surface area contributed by atoms with Gasteiger partial charge in [0.2, 0.25) is 5.91 Å². The van der Waals surface area contributed by atoms with Gasteiger partial charge in [-0.3, -0.25) is 4.79 Å². The van der Waals surface area contributed by atoms with Crippen molar-refractivity contribution in [2.24, 2.45) is 7.05 Å². The molecule has 158 valence electrons. The van der Waals surface area contributed by atoms with Crippen molar-refractivity contribution in [2.75, 3.05) is 11.1 Å². The Bertz CT molecular complexity index is 1230. The number of carbonyl (C=O) groups excluding carboxylic acids is 1. The Labute approximate surface area is 185 Å². The SMILES string of the molecule is Cc1ccc(OCc2nnc(SCC(=O)Nc3cccc4ccccc34)n2C)cc1C. The summed E-state index contributed by atoms with van der Waals surface area (Å²) >= 11 is 1.35. The maximum absolute atomic E-state index is 12.5. The van der Waals surface area contributed by atoms with Crippen molar-refractivity contribution in [3.05, 3.63) is 77.6 Å². The fourth-order valence-electron chi connectivity index (χ4n) is 3.20. The number of fused-ring (bicyclic) bond motifs is 1. The van der Waals surface area contributed by atoms with Crippen LogP contribution in [0.15, 0.2) is 65.8 Å². The molecule has 7 heteroatoms. The molecule has 0 aliphatic heterocycles. The largest absolute Gasteiger partial charge is 0.486 e. The van der Waals surface area contributed by atoms with Crippen LogP contribution in [0.2, 0.25) is 0 Å². The summed E-state index contributed by atoms with van der Waals surface area (Å²) in [6, 6.07) is 19.9. The van der Waals surface area contributed by atoms with Gasteiger partial charge in [-0.1, -0.05) is 54.2 Å². The van der Waals surface area contributed by atoms with Crippen molar-refractivity contribution in [3.63, 3.8) is 0 Å². The van der Waals surface area contributed by atoms with E-state index in [1.165, 1.54) is 22.9 Å². The molecule has 1 aromatic heterocycles. The Hall–Kier alpha value is -3.32. The summed E-state index contributed by atoms with van der Waals surface area (Å²) in [6.07, 6.45) is 0. The van der Waals surface area contributed by atoms with E-state index >= 15 is 0 Å². The van der Waals surface area contributed by atoms with Crippen molar-refractivity contribution in [1.82, 2.24) is 14.8 Å². The van der Waals surface area contributed by atoms with Crippen LogP contribution in [-0.2, 0) is 18.4 Å². The highest BCUT2D eigenvalue weighted by Crippen LogP contribution is 2.24. The number of nitrogens with zero attached hydrogens (tertiary/aromatic N) is 3. The number of anilines is 1.